The van der Waals surface area contributed by atoms with Crippen LogP contribution in [0.25, 0.3) is 0 Å². The molecule has 0 spiro atoms. The third-order valence-corrected chi connectivity index (χ3v) is 2.29. The molecule has 0 aromatic rings. The predicted molar refractivity (Wildman–Crippen MR) is 60.3 cm³/mol. The molecule has 0 rings (SSSR count). The molecule has 0 heterocycles. The van der Waals surface area contributed by atoms with E-state index < -0.39 is 0 Å². The van der Waals surface area contributed by atoms with Crippen LogP contribution in [0, 0.1) is 5.92 Å². The van der Waals surface area contributed by atoms with Crippen LogP contribution in [-0.2, 0) is 4.79 Å². The van der Waals surface area contributed by atoms with Crippen molar-refractivity contribution in [3.63, 3.8) is 0 Å². The van der Waals surface area contributed by atoms with Gasteiger partial charge in [-0.05, 0) is 32.7 Å². The van der Waals surface area contributed by atoms with Gasteiger partial charge in [0.1, 0.15) is 0 Å². The zero-order valence-corrected chi connectivity index (χ0v) is 9.97. The maximum Gasteiger partial charge on any atom is 0.236 e. The number of amides is 1. The SMILES string of the molecule is CCN(CC)C(=O)CNCCC(C)C. The lowest BCUT2D eigenvalue weighted by Crippen LogP contribution is -2.38. The number of rotatable bonds is 7. The molecule has 0 fully saturated rings. The quantitative estimate of drug-likeness (QED) is 0.632. The fourth-order valence-electron chi connectivity index (χ4n) is 1.27. The smallest absolute Gasteiger partial charge is 0.236 e. The van der Waals surface area contributed by atoms with E-state index in [0.717, 1.165) is 26.1 Å². The van der Waals surface area contributed by atoms with Gasteiger partial charge in [0, 0.05) is 13.1 Å². The van der Waals surface area contributed by atoms with Crippen LogP contribution in [0.4, 0.5) is 0 Å². The number of nitrogens with one attached hydrogen (secondary N) is 1. The normalized spacial score (nSPS) is 10.6. The predicted octanol–water partition coefficient (Wildman–Crippen LogP) is 1.49. The average Bonchev–Trinajstić information content (AvgIpc) is 2.14. The van der Waals surface area contributed by atoms with Gasteiger partial charge in [0.2, 0.25) is 5.91 Å². The first kappa shape index (κ1) is 13.4. The average molecular weight is 200 g/mol. The number of hydrogen-bond acceptors (Lipinski definition) is 2. The van der Waals surface area contributed by atoms with Crippen molar-refractivity contribution in [2.75, 3.05) is 26.2 Å². The molecule has 0 saturated carbocycles. The van der Waals surface area contributed by atoms with E-state index in [1.807, 2.05) is 18.7 Å². The second kappa shape index (κ2) is 7.80. The lowest BCUT2D eigenvalue weighted by atomic mass is 10.1. The minimum Gasteiger partial charge on any atom is -0.342 e. The van der Waals surface area contributed by atoms with Crippen LogP contribution in [-0.4, -0.2) is 37.0 Å². The van der Waals surface area contributed by atoms with Crippen molar-refractivity contribution in [1.29, 1.82) is 0 Å². The van der Waals surface area contributed by atoms with Crippen LogP contribution in [0.1, 0.15) is 34.1 Å². The molecule has 1 N–H and O–H groups in total. The van der Waals surface area contributed by atoms with Crippen molar-refractivity contribution in [3.05, 3.63) is 0 Å². The van der Waals surface area contributed by atoms with Gasteiger partial charge in [0.25, 0.3) is 0 Å². The number of nitrogens with zero attached hydrogens (tertiary/aromatic N) is 1. The summed E-state index contributed by atoms with van der Waals surface area (Å²) in [5.74, 6) is 0.907. The third kappa shape index (κ3) is 5.97. The highest BCUT2D eigenvalue weighted by molar-refractivity contribution is 5.78. The number of carbonyl (C=O) groups is 1. The van der Waals surface area contributed by atoms with Crippen LogP contribution in [0.3, 0.4) is 0 Å². The zero-order valence-electron chi connectivity index (χ0n) is 9.97. The van der Waals surface area contributed by atoms with Crippen molar-refractivity contribution in [2.45, 2.75) is 34.1 Å². The van der Waals surface area contributed by atoms with Crippen LogP contribution >= 0.6 is 0 Å². The molecule has 0 saturated heterocycles. The molecule has 0 radical (unpaired) electrons. The monoisotopic (exact) mass is 200 g/mol. The largest absolute Gasteiger partial charge is 0.342 e. The van der Waals surface area contributed by atoms with E-state index in [0.29, 0.717) is 12.5 Å². The summed E-state index contributed by atoms with van der Waals surface area (Å²) in [6.07, 6.45) is 1.13. The van der Waals surface area contributed by atoms with Crippen molar-refractivity contribution in [2.24, 2.45) is 5.92 Å². The Labute approximate surface area is 87.9 Å². The summed E-state index contributed by atoms with van der Waals surface area (Å²) in [5.41, 5.74) is 0. The van der Waals surface area contributed by atoms with Gasteiger partial charge in [-0.15, -0.1) is 0 Å². The summed E-state index contributed by atoms with van der Waals surface area (Å²) in [7, 11) is 0. The van der Waals surface area contributed by atoms with Crippen molar-refractivity contribution in [1.82, 2.24) is 10.2 Å². The third-order valence-electron chi connectivity index (χ3n) is 2.29. The topological polar surface area (TPSA) is 32.3 Å². The molecule has 0 unspecified atom stereocenters. The van der Waals surface area contributed by atoms with Crippen molar-refractivity contribution >= 4 is 5.91 Å². The molecule has 3 heteroatoms. The first-order valence-electron chi connectivity index (χ1n) is 5.60. The van der Waals surface area contributed by atoms with Gasteiger partial charge < -0.3 is 10.2 Å². The summed E-state index contributed by atoms with van der Waals surface area (Å²) in [5, 5.41) is 3.17. The molecule has 0 aliphatic carbocycles. The molecular weight excluding hydrogens is 176 g/mol. The van der Waals surface area contributed by atoms with Crippen LogP contribution in [0.5, 0.6) is 0 Å². The second-order valence-corrected chi connectivity index (χ2v) is 3.93. The first-order valence-corrected chi connectivity index (χ1v) is 5.60. The van der Waals surface area contributed by atoms with Crippen LogP contribution in [0.15, 0.2) is 0 Å². The molecule has 0 aliphatic rings. The summed E-state index contributed by atoms with van der Waals surface area (Å²) in [4.78, 5) is 13.4. The molecule has 0 bridgehead atoms. The summed E-state index contributed by atoms with van der Waals surface area (Å²) < 4.78 is 0. The van der Waals surface area contributed by atoms with E-state index in [9.17, 15) is 4.79 Å². The van der Waals surface area contributed by atoms with Gasteiger partial charge in [-0.1, -0.05) is 13.8 Å². The van der Waals surface area contributed by atoms with Gasteiger partial charge in [-0.2, -0.15) is 0 Å². The van der Waals surface area contributed by atoms with E-state index in [1.165, 1.54) is 0 Å². The lowest BCUT2D eigenvalue weighted by molar-refractivity contribution is -0.129. The molecule has 0 aromatic carbocycles. The van der Waals surface area contributed by atoms with Gasteiger partial charge in [0.15, 0.2) is 0 Å². The molecule has 1 amide bonds. The summed E-state index contributed by atoms with van der Waals surface area (Å²) in [6, 6.07) is 0. The fourth-order valence-corrected chi connectivity index (χ4v) is 1.27. The lowest BCUT2D eigenvalue weighted by Gasteiger charge is -2.18. The summed E-state index contributed by atoms with van der Waals surface area (Å²) in [6.45, 7) is 11.4. The number of carbonyl (C=O) groups excluding carboxylic acids is 1. The van der Waals surface area contributed by atoms with Crippen molar-refractivity contribution < 1.29 is 4.79 Å². The van der Waals surface area contributed by atoms with E-state index in [-0.39, 0.29) is 5.91 Å². The molecule has 3 nitrogen and oxygen atoms in total. The zero-order chi connectivity index (χ0) is 11.0. The van der Waals surface area contributed by atoms with E-state index in [4.69, 9.17) is 0 Å². The minimum atomic E-state index is 0.207. The Morgan fingerprint density at radius 1 is 1.29 bits per heavy atom. The molecule has 0 aliphatic heterocycles. The Bertz CT molecular complexity index is 153. The Balaban J connectivity index is 3.52. The van der Waals surface area contributed by atoms with E-state index >= 15 is 0 Å². The first-order chi connectivity index (χ1) is 6.61. The molecular formula is C11H24N2O. The van der Waals surface area contributed by atoms with Gasteiger partial charge in [0.05, 0.1) is 6.54 Å². The highest BCUT2D eigenvalue weighted by Crippen LogP contribution is 1.96. The molecule has 14 heavy (non-hydrogen) atoms. The highest BCUT2D eigenvalue weighted by atomic mass is 16.2. The van der Waals surface area contributed by atoms with Gasteiger partial charge >= 0.3 is 0 Å². The Kier molecular flexibility index (Phi) is 7.48. The van der Waals surface area contributed by atoms with E-state index in [2.05, 4.69) is 19.2 Å². The standard InChI is InChI=1S/C11H24N2O/c1-5-13(6-2)11(14)9-12-8-7-10(3)4/h10,12H,5-9H2,1-4H3. The Morgan fingerprint density at radius 3 is 2.29 bits per heavy atom. The maximum atomic E-state index is 11.5. The van der Waals surface area contributed by atoms with Gasteiger partial charge in [-0.3, -0.25) is 4.79 Å². The van der Waals surface area contributed by atoms with Gasteiger partial charge in [-0.25, -0.2) is 0 Å². The minimum absolute atomic E-state index is 0.207. The Hall–Kier alpha value is -0.570. The molecule has 0 atom stereocenters. The summed E-state index contributed by atoms with van der Waals surface area (Å²) >= 11 is 0. The molecule has 0 aromatic heterocycles. The van der Waals surface area contributed by atoms with Crippen LogP contribution < -0.4 is 5.32 Å². The van der Waals surface area contributed by atoms with E-state index in [1.54, 1.807) is 0 Å². The van der Waals surface area contributed by atoms with Crippen molar-refractivity contribution in [3.8, 4) is 0 Å². The number of likely N-dealkylation sites (N-methyl/N-ethyl adjacent to an activating group) is 1. The fraction of sp³-hybridized carbons (Fsp3) is 0.909. The second-order valence-electron chi connectivity index (χ2n) is 3.93. The highest BCUT2D eigenvalue weighted by Gasteiger charge is 2.07. The van der Waals surface area contributed by atoms with Crippen LogP contribution in [0.2, 0.25) is 0 Å². The Morgan fingerprint density at radius 2 is 1.86 bits per heavy atom. The maximum absolute atomic E-state index is 11.5. The molecule has 84 valence electrons. The number of hydrogen-bond donors (Lipinski definition) is 1.